The summed E-state index contributed by atoms with van der Waals surface area (Å²) in [5, 5.41) is 16.3. The minimum atomic E-state index is -0.399. The Hall–Kier alpha value is -3.20. The summed E-state index contributed by atoms with van der Waals surface area (Å²) in [6.45, 7) is 1.62. The van der Waals surface area contributed by atoms with Crippen LogP contribution in [0.4, 0.5) is 4.39 Å². The van der Waals surface area contributed by atoms with Gasteiger partial charge in [-0.05, 0) is 54.8 Å². The van der Waals surface area contributed by atoms with Crippen molar-refractivity contribution in [2.24, 2.45) is 0 Å². The van der Waals surface area contributed by atoms with Crippen molar-refractivity contribution in [3.63, 3.8) is 0 Å². The van der Waals surface area contributed by atoms with Gasteiger partial charge in [0.15, 0.2) is 0 Å². The van der Waals surface area contributed by atoms with Crippen molar-refractivity contribution in [2.45, 2.75) is 31.5 Å². The molecule has 0 spiro atoms. The summed E-state index contributed by atoms with van der Waals surface area (Å²) >= 11 is 0. The van der Waals surface area contributed by atoms with Crippen molar-refractivity contribution in [1.82, 2.24) is 10.6 Å². The fourth-order valence-electron chi connectivity index (χ4n) is 4.26. The molecule has 1 saturated heterocycles. The molecule has 0 radical (unpaired) electrons. The van der Waals surface area contributed by atoms with E-state index in [1.54, 1.807) is 19.2 Å². The fraction of sp³-hybridized carbons (Fsp3) is 0.269. The Bertz CT molecular complexity index is 1080. The first-order valence-corrected chi connectivity index (χ1v) is 10.6. The van der Waals surface area contributed by atoms with Crippen LogP contribution < -0.4 is 15.4 Å². The molecule has 0 saturated carbocycles. The average molecular weight is 416 g/mol. The second-order valence-corrected chi connectivity index (χ2v) is 7.81. The molecule has 1 heterocycles. The molecule has 1 aliphatic heterocycles. The number of nitrogens with one attached hydrogen (secondary N) is 2. The van der Waals surface area contributed by atoms with Gasteiger partial charge in [-0.25, -0.2) is 4.39 Å². The summed E-state index contributed by atoms with van der Waals surface area (Å²) in [4.78, 5) is 0. The second kappa shape index (κ2) is 9.74. The Morgan fingerprint density at radius 2 is 1.97 bits per heavy atom. The van der Waals surface area contributed by atoms with Crippen LogP contribution in [0.25, 0.3) is 11.1 Å². The van der Waals surface area contributed by atoms with Crippen LogP contribution in [0.1, 0.15) is 35.6 Å². The van der Waals surface area contributed by atoms with Crippen LogP contribution in [0.2, 0.25) is 0 Å². The van der Waals surface area contributed by atoms with Gasteiger partial charge in [0.05, 0.1) is 18.7 Å². The van der Waals surface area contributed by atoms with Gasteiger partial charge in [0.25, 0.3) is 0 Å². The molecular weight excluding hydrogens is 389 g/mol. The van der Waals surface area contributed by atoms with Crippen molar-refractivity contribution in [2.75, 3.05) is 13.7 Å². The van der Waals surface area contributed by atoms with E-state index >= 15 is 0 Å². The number of piperidine rings is 1. The maximum atomic E-state index is 14.5. The lowest BCUT2D eigenvalue weighted by molar-refractivity contribution is 0.303. The fourth-order valence-corrected chi connectivity index (χ4v) is 4.26. The van der Waals surface area contributed by atoms with Crippen LogP contribution in [0.5, 0.6) is 5.75 Å². The minimum absolute atomic E-state index is 0.250. The average Bonchev–Trinajstić information content (AvgIpc) is 2.83. The monoisotopic (exact) mass is 415 g/mol. The normalized spacial score (nSPS) is 18.4. The van der Waals surface area contributed by atoms with Gasteiger partial charge in [-0.1, -0.05) is 42.5 Å². The maximum absolute atomic E-state index is 14.5. The third-order valence-electron chi connectivity index (χ3n) is 5.86. The first-order chi connectivity index (χ1) is 15.2. The number of rotatable bonds is 6. The molecule has 1 aliphatic rings. The van der Waals surface area contributed by atoms with Crippen LogP contribution in [-0.4, -0.2) is 19.7 Å². The summed E-state index contributed by atoms with van der Waals surface area (Å²) in [6, 6.07) is 23.3. The van der Waals surface area contributed by atoms with E-state index in [-0.39, 0.29) is 12.1 Å². The molecule has 4 rings (SSSR count). The van der Waals surface area contributed by atoms with Gasteiger partial charge in [0.2, 0.25) is 0 Å². The Morgan fingerprint density at radius 1 is 1.13 bits per heavy atom. The summed E-state index contributed by atoms with van der Waals surface area (Å²) in [5.74, 6) is 0.370. The van der Waals surface area contributed by atoms with Crippen molar-refractivity contribution >= 4 is 0 Å². The number of hydrogen-bond donors (Lipinski definition) is 2. The topological polar surface area (TPSA) is 57.1 Å². The third-order valence-corrected chi connectivity index (χ3v) is 5.86. The molecule has 2 atom stereocenters. The molecule has 0 aliphatic carbocycles. The number of benzene rings is 3. The Kier molecular flexibility index (Phi) is 6.61. The van der Waals surface area contributed by atoms with Crippen LogP contribution in [0, 0.1) is 17.1 Å². The van der Waals surface area contributed by atoms with E-state index in [1.807, 2.05) is 30.3 Å². The molecule has 1 fully saturated rings. The van der Waals surface area contributed by atoms with Crippen LogP contribution in [0.3, 0.4) is 0 Å². The summed E-state index contributed by atoms with van der Waals surface area (Å²) < 4.78 is 20.1. The highest BCUT2D eigenvalue weighted by molar-refractivity contribution is 5.67. The molecular formula is C26H26FN3O. The standard InChI is InChI=1S/C26H26FN3O/c1-31-25-12-10-20(22-11-9-18(16-28)14-23(22)27)15-21(25)17-30-24-8-5-13-29-26(24)19-6-3-2-4-7-19/h2-4,6-7,9-12,14-15,24,26,29-30H,5,8,13,17H2,1H3. The molecule has 4 nitrogen and oxygen atoms in total. The smallest absolute Gasteiger partial charge is 0.132 e. The SMILES string of the molecule is COc1ccc(-c2ccc(C#N)cc2F)cc1CNC1CCCNC1c1ccccc1. The highest BCUT2D eigenvalue weighted by Gasteiger charge is 2.25. The van der Waals surface area contributed by atoms with E-state index in [1.165, 1.54) is 11.6 Å². The summed E-state index contributed by atoms with van der Waals surface area (Å²) in [5.41, 5.74) is 3.81. The number of hydrogen-bond acceptors (Lipinski definition) is 4. The molecule has 31 heavy (non-hydrogen) atoms. The first kappa shape index (κ1) is 21.0. The minimum Gasteiger partial charge on any atom is -0.496 e. The Morgan fingerprint density at radius 3 is 2.71 bits per heavy atom. The van der Waals surface area contributed by atoms with E-state index < -0.39 is 5.82 Å². The molecule has 2 N–H and O–H groups in total. The molecule has 2 unspecified atom stereocenters. The Labute approximate surface area is 182 Å². The Balaban J connectivity index is 1.56. The molecule has 3 aromatic carbocycles. The zero-order valence-corrected chi connectivity index (χ0v) is 17.6. The van der Waals surface area contributed by atoms with Crippen LogP contribution in [-0.2, 0) is 6.54 Å². The van der Waals surface area contributed by atoms with Crippen LogP contribution >= 0.6 is 0 Å². The van der Waals surface area contributed by atoms with Gasteiger partial charge in [-0.2, -0.15) is 5.26 Å². The number of nitriles is 1. The van der Waals surface area contributed by atoms with Gasteiger partial charge >= 0.3 is 0 Å². The highest BCUT2D eigenvalue weighted by atomic mass is 19.1. The van der Waals surface area contributed by atoms with E-state index in [0.29, 0.717) is 17.7 Å². The lowest BCUT2D eigenvalue weighted by Crippen LogP contribution is -2.45. The predicted octanol–water partition coefficient (Wildman–Crippen LogP) is 4.96. The van der Waals surface area contributed by atoms with E-state index in [9.17, 15) is 4.39 Å². The van der Waals surface area contributed by atoms with Crippen molar-refractivity contribution in [3.8, 4) is 22.9 Å². The number of nitrogens with zero attached hydrogens (tertiary/aromatic N) is 1. The van der Waals surface area contributed by atoms with E-state index in [0.717, 1.165) is 36.3 Å². The maximum Gasteiger partial charge on any atom is 0.132 e. The zero-order chi connectivity index (χ0) is 21.6. The van der Waals surface area contributed by atoms with Gasteiger partial charge in [0.1, 0.15) is 11.6 Å². The van der Waals surface area contributed by atoms with Crippen LogP contribution in [0.15, 0.2) is 66.7 Å². The molecule has 0 bridgehead atoms. The third kappa shape index (κ3) is 4.77. The number of methoxy groups -OCH3 is 1. The molecule has 0 aromatic heterocycles. The number of ether oxygens (including phenoxy) is 1. The van der Waals surface area contributed by atoms with Gasteiger partial charge < -0.3 is 15.4 Å². The van der Waals surface area contributed by atoms with Gasteiger partial charge in [-0.3, -0.25) is 0 Å². The predicted molar refractivity (Wildman–Crippen MR) is 120 cm³/mol. The van der Waals surface area contributed by atoms with E-state index in [2.05, 4.69) is 34.9 Å². The quantitative estimate of drug-likeness (QED) is 0.598. The van der Waals surface area contributed by atoms with Gasteiger partial charge in [-0.15, -0.1) is 0 Å². The molecule has 5 heteroatoms. The first-order valence-electron chi connectivity index (χ1n) is 10.6. The molecule has 3 aromatic rings. The largest absolute Gasteiger partial charge is 0.496 e. The van der Waals surface area contributed by atoms with Crippen molar-refractivity contribution < 1.29 is 9.13 Å². The lowest BCUT2D eigenvalue weighted by atomic mass is 9.92. The van der Waals surface area contributed by atoms with Crippen molar-refractivity contribution in [3.05, 3.63) is 89.2 Å². The second-order valence-electron chi connectivity index (χ2n) is 7.81. The molecule has 158 valence electrons. The summed E-state index contributed by atoms with van der Waals surface area (Å²) in [7, 11) is 1.65. The van der Waals surface area contributed by atoms with Gasteiger partial charge in [0, 0.05) is 29.8 Å². The summed E-state index contributed by atoms with van der Waals surface area (Å²) in [6.07, 6.45) is 2.20. The molecule has 0 amide bonds. The van der Waals surface area contributed by atoms with E-state index in [4.69, 9.17) is 10.00 Å². The zero-order valence-electron chi connectivity index (χ0n) is 17.6. The van der Waals surface area contributed by atoms with Crippen molar-refractivity contribution in [1.29, 1.82) is 5.26 Å². The highest BCUT2D eigenvalue weighted by Crippen LogP contribution is 2.30. The lowest BCUT2D eigenvalue weighted by Gasteiger charge is -2.34. The number of halogens is 1.